The highest BCUT2D eigenvalue weighted by molar-refractivity contribution is 7.07. The number of nitrogens with zero attached hydrogens (tertiary/aromatic N) is 3. The summed E-state index contributed by atoms with van der Waals surface area (Å²) in [4.78, 5) is 33.4. The molecule has 6 nitrogen and oxygen atoms in total. The number of para-hydroxylation sites is 1. The van der Waals surface area contributed by atoms with Gasteiger partial charge in [-0.25, -0.2) is 9.79 Å². The van der Waals surface area contributed by atoms with Crippen LogP contribution in [0.25, 0.3) is 22.7 Å². The maximum Gasteiger partial charge on any atom is 0.338 e. The van der Waals surface area contributed by atoms with Crippen molar-refractivity contribution < 1.29 is 9.53 Å². The Hall–Kier alpha value is -4.93. The van der Waals surface area contributed by atoms with Crippen molar-refractivity contribution in [2.24, 2.45) is 4.99 Å². The molecule has 1 aliphatic heterocycles. The van der Waals surface area contributed by atoms with Gasteiger partial charge >= 0.3 is 5.97 Å². The van der Waals surface area contributed by atoms with Crippen molar-refractivity contribution in [2.45, 2.75) is 39.3 Å². The summed E-state index contributed by atoms with van der Waals surface area (Å²) in [5.41, 5.74) is 5.29. The van der Waals surface area contributed by atoms with Crippen LogP contribution in [-0.2, 0) is 16.1 Å². The number of hydrogen-bond donors (Lipinski definition) is 0. The van der Waals surface area contributed by atoms with Crippen molar-refractivity contribution in [1.82, 2.24) is 9.13 Å². The van der Waals surface area contributed by atoms with Crippen molar-refractivity contribution in [3.05, 3.63) is 133 Å². The van der Waals surface area contributed by atoms with Gasteiger partial charge in [-0.05, 0) is 36.1 Å². The maximum atomic E-state index is 14.3. The Morgan fingerprint density at radius 1 is 1.07 bits per heavy atom. The van der Waals surface area contributed by atoms with Crippen LogP contribution in [0.5, 0.6) is 0 Å². The number of carbonyl (C=O) groups excluding carboxylic acids is 1. The third kappa shape index (κ3) is 5.15. The molecule has 1 aliphatic rings. The molecule has 214 valence electrons. The molecule has 0 aliphatic carbocycles. The molecule has 6 rings (SSSR count). The van der Waals surface area contributed by atoms with Crippen molar-refractivity contribution in [2.75, 3.05) is 6.61 Å². The number of fused-ring (bicyclic) bond motifs is 2. The van der Waals surface area contributed by atoms with Crippen molar-refractivity contribution >= 4 is 40.0 Å². The van der Waals surface area contributed by atoms with Gasteiger partial charge in [0.05, 0.1) is 35.0 Å². The first-order chi connectivity index (χ1) is 20.9. The first-order valence-electron chi connectivity index (χ1n) is 14.3. The second-order valence-corrected chi connectivity index (χ2v) is 11.7. The van der Waals surface area contributed by atoms with Gasteiger partial charge in [0.15, 0.2) is 4.80 Å². The number of aromatic nitrogens is 2. The van der Waals surface area contributed by atoms with Gasteiger partial charge < -0.3 is 9.30 Å². The highest BCUT2D eigenvalue weighted by Gasteiger charge is 2.35. The van der Waals surface area contributed by atoms with Crippen LogP contribution in [0.4, 0.5) is 0 Å². The van der Waals surface area contributed by atoms with E-state index in [-0.39, 0.29) is 12.2 Å². The van der Waals surface area contributed by atoms with Crippen LogP contribution >= 0.6 is 11.3 Å². The van der Waals surface area contributed by atoms with Crippen molar-refractivity contribution in [3.8, 4) is 12.3 Å². The summed E-state index contributed by atoms with van der Waals surface area (Å²) >= 11 is 1.31. The summed E-state index contributed by atoms with van der Waals surface area (Å²) in [5, 5.41) is 1.00. The summed E-state index contributed by atoms with van der Waals surface area (Å²) in [7, 11) is 0. The van der Waals surface area contributed by atoms with E-state index in [1.54, 1.807) is 11.5 Å². The van der Waals surface area contributed by atoms with Crippen LogP contribution in [0.1, 0.15) is 55.0 Å². The van der Waals surface area contributed by atoms with Crippen molar-refractivity contribution in [1.29, 1.82) is 0 Å². The maximum absolute atomic E-state index is 14.3. The monoisotopic (exact) mass is 585 g/mol. The zero-order valence-electron chi connectivity index (χ0n) is 24.3. The average molecular weight is 586 g/mol. The van der Waals surface area contributed by atoms with Crippen LogP contribution in [0, 0.1) is 12.3 Å². The molecule has 5 aromatic rings. The van der Waals surface area contributed by atoms with Crippen LogP contribution < -0.4 is 14.9 Å². The normalized spacial score (nSPS) is 15.0. The fraction of sp³-hybridized carbons (Fsp3) is 0.194. The lowest BCUT2D eigenvalue weighted by atomic mass is 9.91. The van der Waals surface area contributed by atoms with Crippen LogP contribution in [0.2, 0.25) is 0 Å². The number of esters is 1. The van der Waals surface area contributed by atoms with Crippen LogP contribution in [-0.4, -0.2) is 21.7 Å². The third-order valence-corrected chi connectivity index (χ3v) is 8.64. The Morgan fingerprint density at radius 2 is 1.79 bits per heavy atom. The zero-order chi connectivity index (χ0) is 30.1. The van der Waals surface area contributed by atoms with E-state index in [0.717, 1.165) is 27.6 Å². The zero-order valence-corrected chi connectivity index (χ0v) is 25.1. The standard InChI is InChI=1S/C36H31N3O3S/c1-5-20-38-22-27(28-14-10-11-15-29(28)38)21-30-34(40)39-33(26-18-16-24(17-19-26)23(3)4)31(35(41)42-6-2)32(37-36(39)43-30)25-12-8-7-9-13-25/h1,7-19,21-23,33H,6,20H2,2-4H3/t33-/m0/s1. The predicted octanol–water partition coefficient (Wildman–Crippen LogP) is 5.65. The molecular formula is C36H31N3O3S. The Morgan fingerprint density at radius 3 is 2.49 bits per heavy atom. The lowest BCUT2D eigenvalue weighted by Gasteiger charge is -2.26. The fourth-order valence-corrected chi connectivity index (χ4v) is 6.57. The quantitative estimate of drug-likeness (QED) is 0.183. The van der Waals surface area contributed by atoms with Gasteiger partial charge in [0.2, 0.25) is 0 Å². The molecule has 7 heteroatoms. The highest BCUT2D eigenvalue weighted by Crippen LogP contribution is 2.35. The van der Waals surface area contributed by atoms with Crippen LogP contribution in [0.15, 0.2) is 100 Å². The van der Waals surface area contributed by atoms with E-state index in [2.05, 4.69) is 31.9 Å². The Balaban J connectivity index is 1.64. The number of thiazole rings is 1. The van der Waals surface area contributed by atoms with E-state index in [1.807, 2.05) is 83.6 Å². The highest BCUT2D eigenvalue weighted by atomic mass is 32.1. The first-order valence-corrected chi connectivity index (χ1v) is 15.1. The lowest BCUT2D eigenvalue weighted by molar-refractivity contribution is -0.138. The molecule has 0 unspecified atom stereocenters. The smallest absolute Gasteiger partial charge is 0.338 e. The minimum atomic E-state index is -0.711. The van der Waals surface area contributed by atoms with E-state index < -0.39 is 12.0 Å². The van der Waals surface area contributed by atoms with E-state index >= 15 is 0 Å². The molecule has 0 radical (unpaired) electrons. The Labute approximate surface area is 253 Å². The average Bonchev–Trinajstić information content (AvgIpc) is 3.53. The van der Waals surface area contributed by atoms with Crippen molar-refractivity contribution in [3.63, 3.8) is 0 Å². The minimum Gasteiger partial charge on any atom is -0.463 e. The molecule has 43 heavy (non-hydrogen) atoms. The number of hydrogen-bond acceptors (Lipinski definition) is 5. The number of rotatable bonds is 7. The number of terminal acetylenes is 1. The lowest BCUT2D eigenvalue weighted by Crippen LogP contribution is -2.40. The van der Waals surface area contributed by atoms with Gasteiger partial charge in [0, 0.05) is 28.2 Å². The fourth-order valence-electron chi connectivity index (χ4n) is 5.58. The van der Waals surface area contributed by atoms with E-state index in [4.69, 9.17) is 16.2 Å². The molecule has 0 saturated heterocycles. The molecule has 0 bridgehead atoms. The molecule has 2 aromatic heterocycles. The van der Waals surface area contributed by atoms with Gasteiger partial charge in [-0.1, -0.05) is 104 Å². The molecule has 0 spiro atoms. The number of benzene rings is 3. The largest absolute Gasteiger partial charge is 0.463 e. The van der Waals surface area contributed by atoms with Gasteiger partial charge in [-0.3, -0.25) is 9.36 Å². The summed E-state index contributed by atoms with van der Waals surface area (Å²) in [5.74, 6) is 2.56. The summed E-state index contributed by atoms with van der Waals surface area (Å²) in [6.45, 7) is 6.67. The molecule has 0 N–H and O–H groups in total. The molecule has 0 amide bonds. The molecule has 0 fully saturated rings. The second-order valence-electron chi connectivity index (χ2n) is 10.7. The Bertz CT molecular complexity index is 2090. The number of carbonyl (C=O) groups is 1. The molecule has 1 atom stereocenters. The topological polar surface area (TPSA) is 65.6 Å². The third-order valence-electron chi connectivity index (χ3n) is 7.66. The van der Waals surface area contributed by atoms with E-state index in [0.29, 0.717) is 33.1 Å². The van der Waals surface area contributed by atoms with Gasteiger partial charge in [-0.2, -0.15) is 0 Å². The first kappa shape index (κ1) is 28.2. The summed E-state index contributed by atoms with van der Waals surface area (Å²) in [6.07, 6.45) is 9.51. The SMILES string of the molecule is C#CCn1cc(C=c2sc3n(c2=O)[C@@H](c2ccc(C(C)C)cc2)C(C(=O)OCC)=C(c2ccccc2)N=3)c2ccccc21. The van der Waals surface area contributed by atoms with E-state index in [1.165, 1.54) is 16.9 Å². The molecular weight excluding hydrogens is 554 g/mol. The second kappa shape index (κ2) is 11.7. The van der Waals surface area contributed by atoms with E-state index in [9.17, 15) is 9.59 Å². The molecule has 0 saturated carbocycles. The molecule has 3 heterocycles. The summed E-state index contributed by atoms with van der Waals surface area (Å²) < 4.78 is 9.74. The van der Waals surface area contributed by atoms with Gasteiger partial charge in [0.1, 0.15) is 0 Å². The van der Waals surface area contributed by atoms with Crippen LogP contribution in [0.3, 0.4) is 0 Å². The Kier molecular flexibility index (Phi) is 7.71. The van der Waals surface area contributed by atoms with Gasteiger partial charge in [0.25, 0.3) is 5.56 Å². The molecule has 3 aromatic carbocycles. The predicted molar refractivity (Wildman–Crippen MR) is 172 cm³/mol. The van der Waals surface area contributed by atoms with Gasteiger partial charge in [-0.15, -0.1) is 6.42 Å². The summed E-state index contributed by atoms with van der Waals surface area (Å²) in [6, 6.07) is 25.0. The minimum absolute atomic E-state index is 0.204. The number of ether oxygens (including phenoxy) is 1.